The minimum absolute atomic E-state index is 0.0666. The van der Waals surface area contributed by atoms with Gasteiger partial charge in [0.05, 0.1) is 6.61 Å². The number of carbonyl (C=O) groups is 1. The van der Waals surface area contributed by atoms with Gasteiger partial charge in [-0.15, -0.1) is 0 Å². The third-order valence-corrected chi connectivity index (χ3v) is 3.60. The van der Waals surface area contributed by atoms with E-state index in [0.717, 1.165) is 26.1 Å². The second-order valence-electron chi connectivity index (χ2n) is 4.64. The molecule has 0 aromatic rings. The third kappa shape index (κ3) is 2.32. The van der Waals surface area contributed by atoms with Crippen LogP contribution in [-0.4, -0.2) is 38.3 Å². The van der Waals surface area contributed by atoms with Crippen molar-refractivity contribution in [2.75, 3.05) is 26.2 Å². The van der Waals surface area contributed by atoms with Gasteiger partial charge in [-0.3, -0.25) is 4.79 Å². The van der Waals surface area contributed by atoms with Crippen LogP contribution in [0.5, 0.6) is 0 Å². The van der Waals surface area contributed by atoms with Crippen LogP contribution in [0, 0.1) is 5.41 Å². The summed E-state index contributed by atoms with van der Waals surface area (Å²) in [7, 11) is 0. The van der Waals surface area contributed by atoms with E-state index in [1.54, 1.807) is 0 Å². The minimum Gasteiger partial charge on any atom is -0.465 e. The standard InChI is InChI=1S/C11H20N2O2/c1-2-15-10(14)9-7-11(8-13-9)3-5-12-6-4-11/h9,12-13H,2-8H2,1H3. The zero-order chi connectivity index (χ0) is 10.7. The van der Waals surface area contributed by atoms with Crippen molar-refractivity contribution in [1.29, 1.82) is 0 Å². The molecule has 1 atom stereocenters. The van der Waals surface area contributed by atoms with Crippen LogP contribution < -0.4 is 10.6 Å². The summed E-state index contributed by atoms with van der Waals surface area (Å²) in [6, 6.07) is -0.0666. The Kier molecular flexibility index (Phi) is 3.26. The van der Waals surface area contributed by atoms with E-state index in [1.807, 2.05) is 6.92 Å². The maximum absolute atomic E-state index is 11.6. The summed E-state index contributed by atoms with van der Waals surface area (Å²) in [4.78, 5) is 11.6. The zero-order valence-corrected chi connectivity index (χ0v) is 9.34. The lowest BCUT2D eigenvalue weighted by Crippen LogP contribution is -2.37. The topological polar surface area (TPSA) is 50.4 Å². The summed E-state index contributed by atoms with van der Waals surface area (Å²) >= 11 is 0. The predicted molar refractivity (Wildman–Crippen MR) is 57.6 cm³/mol. The Bertz CT molecular complexity index is 237. The van der Waals surface area contributed by atoms with E-state index in [1.165, 1.54) is 12.8 Å². The summed E-state index contributed by atoms with van der Waals surface area (Å²) in [6.45, 7) is 5.46. The predicted octanol–water partition coefficient (Wildman–Crippen LogP) is 0.281. The van der Waals surface area contributed by atoms with Crippen molar-refractivity contribution in [1.82, 2.24) is 10.6 Å². The van der Waals surface area contributed by atoms with Crippen molar-refractivity contribution >= 4 is 5.97 Å². The molecule has 4 nitrogen and oxygen atoms in total. The van der Waals surface area contributed by atoms with Crippen molar-refractivity contribution in [3.05, 3.63) is 0 Å². The van der Waals surface area contributed by atoms with Crippen molar-refractivity contribution < 1.29 is 9.53 Å². The molecule has 2 heterocycles. The molecule has 2 saturated heterocycles. The molecule has 0 bridgehead atoms. The van der Waals surface area contributed by atoms with Gasteiger partial charge < -0.3 is 15.4 Å². The monoisotopic (exact) mass is 212 g/mol. The van der Waals surface area contributed by atoms with E-state index in [4.69, 9.17) is 4.74 Å². The fourth-order valence-electron chi connectivity index (χ4n) is 2.66. The highest BCUT2D eigenvalue weighted by atomic mass is 16.5. The van der Waals surface area contributed by atoms with E-state index < -0.39 is 0 Å². The van der Waals surface area contributed by atoms with Gasteiger partial charge in [-0.25, -0.2) is 0 Å². The van der Waals surface area contributed by atoms with Crippen LogP contribution in [0.2, 0.25) is 0 Å². The second kappa shape index (κ2) is 4.49. The molecule has 4 heteroatoms. The molecule has 0 aromatic carbocycles. The number of hydrogen-bond acceptors (Lipinski definition) is 4. The molecule has 1 unspecified atom stereocenters. The first-order chi connectivity index (χ1) is 7.26. The summed E-state index contributed by atoms with van der Waals surface area (Å²) in [6.07, 6.45) is 3.30. The van der Waals surface area contributed by atoms with Crippen LogP contribution in [0.4, 0.5) is 0 Å². The summed E-state index contributed by atoms with van der Waals surface area (Å²) in [5, 5.41) is 6.66. The molecule has 15 heavy (non-hydrogen) atoms. The maximum atomic E-state index is 11.6. The number of ether oxygens (including phenoxy) is 1. The Morgan fingerprint density at radius 2 is 2.20 bits per heavy atom. The van der Waals surface area contributed by atoms with Crippen molar-refractivity contribution in [3.63, 3.8) is 0 Å². The van der Waals surface area contributed by atoms with E-state index >= 15 is 0 Å². The molecule has 0 amide bonds. The van der Waals surface area contributed by atoms with E-state index in [9.17, 15) is 4.79 Å². The fourth-order valence-corrected chi connectivity index (χ4v) is 2.66. The first kappa shape index (κ1) is 10.9. The number of hydrogen-bond donors (Lipinski definition) is 2. The van der Waals surface area contributed by atoms with Crippen LogP contribution in [0.15, 0.2) is 0 Å². The van der Waals surface area contributed by atoms with Gasteiger partial charge in [-0.2, -0.15) is 0 Å². The normalized spacial score (nSPS) is 29.3. The Morgan fingerprint density at radius 3 is 2.87 bits per heavy atom. The van der Waals surface area contributed by atoms with Crippen LogP contribution in [0.25, 0.3) is 0 Å². The Balaban J connectivity index is 1.90. The van der Waals surface area contributed by atoms with Crippen LogP contribution in [0.3, 0.4) is 0 Å². The van der Waals surface area contributed by atoms with Crippen LogP contribution in [0.1, 0.15) is 26.2 Å². The van der Waals surface area contributed by atoms with Gasteiger partial charge in [0.1, 0.15) is 6.04 Å². The molecular weight excluding hydrogens is 192 g/mol. The quantitative estimate of drug-likeness (QED) is 0.646. The molecule has 2 aliphatic heterocycles. The van der Waals surface area contributed by atoms with E-state index in [0.29, 0.717) is 12.0 Å². The minimum atomic E-state index is -0.0760. The van der Waals surface area contributed by atoms with Crippen LogP contribution >= 0.6 is 0 Å². The van der Waals surface area contributed by atoms with E-state index in [2.05, 4.69) is 10.6 Å². The molecule has 0 saturated carbocycles. The molecule has 2 rings (SSSR count). The number of nitrogens with one attached hydrogen (secondary N) is 2. The molecule has 1 spiro atoms. The smallest absolute Gasteiger partial charge is 0.323 e. The van der Waals surface area contributed by atoms with Gasteiger partial charge >= 0.3 is 5.97 Å². The molecular formula is C11H20N2O2. The Morgan fingerprint density at radius 1 is 1.47 bits per heavy atom. The Labute approximate surface area is 90.8 Å². The largest absolute Gasteiger partial charge is 0.465 e. The van der Waals surface area contributed by atoms with Crippen molar-refractivity contribution in [3.8, 4) is 0 Å². The number of esters is 1. The molecule has 0 radical (unpaired) electrons. The number of rotatable bonds is 2. The van der Waals surface area contributed by atoms with Gasteiger partial charge in [-0.1, -0.05) is 0 Å². The van der Waals surface area contributed by atoms with Gasteiger partial charge in [0.2, 0.25) is 0 Å². The highest BCUT2D eigenvalue weighted by Gasteiger charge is 2.42. The number of carbonyl (C=O) groups excluding carboxylic acids is 1. The summed E-state index contributed by atoms with van der Waals surface area (Å²) in [5.41, 5.74) is 0.350. The highest BCUT2D eigenvalue weighted by molar-refractivity contribution is 5.76. The molecule has 0 aliphatic carbocycles. The van der Waals surface area contributed by atoms with Gasteiger partial charge in [0.25, 0.3) is 0 Å². The lowest BCUT2D eigenvalue weighted by Gasteiger charge is -2.32. The van der Waals surface area contributed by atoms with Gasteiger partial charge in [-0.05, 0) is 44.7 Å². The summed E-state index contributed by atoms with van der Waals surface area (Å²) in [5.74, 6) is -0.0760. The molecule has 2 aliphatic rings. The lowest BCUT2D eigenvalue weighted by molar-refractivity contribution is -0.145. The second-order valence-corrected chi connectivity index (χ2v) is 4.64. The Hall–Kier alpha value is -0.610. The molecule has 86 valence electrons. The van der Waals surface area contributed by atoms with Gasteiger partial charge in [0, 0.05) is 6.54 Å². The lowest BCUT2D eigenvalue weighted by atomic mass is 9.77. The average Bonchev–Trinajstić information content (AvgIpc) is 2.64. The van der Waals surface area contributed by atoms with Crippen LogP contribution in [-0.2, 0) is 9.53 Å². The maximum Gasteiger partial charge on any atom is 0.323 e. The van der Waals surface area contributed by atoms with Crippen molar-refractivity contribution in [2.24, 2.45) is 5.41 Å². The fraction of sp³-hybridized carbons (Fsp3) is 0.909. The molecule has 2 N–H and O–H groups in total. The zero-order valence-electron chi connectivity index (χ0n) is 9.34. The first-order valence-corrected chi connectivity index (χ1v) is 5.86. The average molecular weight is 212 g/mol. The van der Waals surface area contributed by atoms with E-state index in [-0.39, 0.29) is 12.0 Å². The SMILES string of the molecule is CCOC(=O)C1CC2(CCNCC2)CN1. The van der Waals surface area contributed by atoms with Crippen molar-refractivity contribution in [2.45, 2.75) is 32.2 Å². The highest BCUT2D eigenvalue weighted by Crippen LogP contribution is 2.37. The molecule has 2 fully saturated rings. The first-order valence-electron chi connectivity index (χ1n) is 5.86. The summed E-state index contributed by atoms with van der Waals surface area (Å²) < 4.78 is 5.04. The number of piperidine rings is 1. The third-order valence-electron chi connectivity index (χ3n) is 3.60. The molecule has 0 aromatic heterocycles. The van der Waals surface area contributed by atoms with Gasteiger partial charge in [0.15, 0.2) is 0 Å².